The molecule has 0 amide bonds. The second-order valence-corrected chi connectivity index (χ2v) is 4.75. The Kier molecular flexibility index (Phi) is 4.34. The monoisotopic (exact) mass is 267 g/mol. The zero-order valence-electron chi connectivity index (χ0n) is 6.85. The number of hydrogen-bond donors (Lipinski definition) is 0. The summed E-state index contributed by atoms with van der Waals surface area (Å²) in [5, 5.41) is 8.82. The average Bonchev–Trinajstić information content (AvgIpc) is 2.16. The third kappa shape index (κ3) is 2.68. The molecule has 0 fully saturated rings. The lowest BCUT2D eigenvalue weighted by Crippen LogP contribution is -1.91. The molecule has 5 heteroatoms. The SMILES string of the molecule is N#Cc1cc(C(Cl)Cl)ccc1C(Cl)Cl. The number of alkyl halides is 4. The average molecular weight is 269 g/mol. The molecule has 0 atom stereocenters. The Morgan fingerprint density at radius 3 is 2.14 bits per heavy atom. The highest BCUT2D eigenvalue weighted by Gasteiger charge is 2.12. The molecule has 0 N–H and O–H groups in total. The molecule has 0 aliphatic heterocycles. The van der Waals surface area contributed by atoms with Gasteiger partial charge in [-0.15, -0.1) is 46.4 Å². The Labute approximate surface area is 102 Å². The lowest BCUT2D eigenvalue weighted by molar-refractivity contribution is 1.25. The van der Waals surface area contributed by atoms with Crippen LogP contribution in [0.25, 0.3) is 0 Å². The molecule has 0 aromatic heterocycles. The summed E-state index contributed by atoms with van der Waals surface area (Å²) < 4.78 is 0. The largest absolute Gasteiger partial charge is 0.192 e. The molecule has 0 unspecified atom stereocenters. The second-order valence-electron chi connectivity index (χ2n) is 2.56. The van der Waals surface area contributed by atoms with Crippen LogP contribution in [0.2, 0.25) is 0 Å². The summed E-state index contributed by atoms with van der Waals surface area (Å²) in [6, 6.07) is 6.91. The molecular weight excluding hydrogens is 264 g/mol. The summed E-state index contributed by atoms with van der Waals surface area (Å²) in [6.45, 7) is 0. The number of halogens is 4. The van der Waals surface area contributed by atoms with Gasteiger partial charge in [-0.2, -0.15) is 5.26 Å². The number of rotatable bonds is 2. The Morgan fingerprint density at radius 1 is 1.07 bits per heavy atom. The standard InChI is InChI=1S/C9H5Cl4N/c10-8(11)5-1-2-7(9(12)13)6(3-5)4-14/h1-3,8-9H. The van der Waals surface area contributed by atoms with Crippen molar-refractivity contribution in [3.8, 4) is 6.07 Å². The summed E-state index contributed by atoms with van der Waals surface area (Å²) in [6.07, 6.45) is 0. The first kappa shape index (κ1) is 11.9. The van der Waals surface area contributed by atoms with Crippen LogP contribution in [-0.4, -0.2) is 0 Å². The smallest absolute Gasteiger partial charge is 0.134 e. The third-order valence-corrected chi connectivity index (χ3v) is 2.66. The van der Waals surface area contributed by atoms with Gasteiger partial charge in [0.15, 0.2) is 0 Å². The summed E-state index contributed by atoms with van der Waals surface area (Å²) in [5.41, 5.74) is 1.61. The number of nitrogens with zero attached hydrogens (tertiary/aromatic N) is 1. The second kappa shape index (κ2) is 5.09. The van der Waals surface area contributed by atoms with E-state index in [0.717, 1.165) is 0 Å². The van der Waals surface area contributed by atoms with Crippen molar-refractivity contribution >= 4 is 46.4 Å². The van der Waals surface area contributed by atoms with Gasteiger partial charge in [0.05, 0.1) is 11.6 Å². The van der Waals surface area contributed by atoms with Crippen molar-refractivity contribution in [2.75, 3.05) is 0 Å². The molecule has 0 radical (unpaired) electrons. The van der Waals surface area contributed by atoms with Gasteiger partial charge in [-0.3, -0.25) is 0 Å². The highest BCUT2D eigenvalue weighted by atomic mass is 35.5. The van der Waals surface area contributed by atoms with E-state index in [1.54, 1.807) is 18.2 Å². The first-order valence-corrected chi connectivity index (χ1v) is 5.41. The first-order chi connectivity index (χ1) is 6.56. The van der Waals surface area contributed by atoms with Crippen LogP contribution < -0.4 is 0 Å². The molecule has 1 aromatic carbocycles. The van der Waals surface area contributed by atoms with Crippen LogP contribution in [0.3, 0.4) is 0 Å². The van der Waals surface area contributed by atoms with E-state index in [-0.39, 0.29) is 0 Å². The lowest BCUT2D eigenvalue weighted by atomic mass is 10.1. The topological polar surface area (TPSA) is 23.8 Å². The molecule has 0 bridgehead atoms. The van der Waals surface area contributed by atoms with Gasteiger partial charge < -0.3 is 0 Å². The molecule has 0 heterocycles. The van der Waals surface area contributed by atoms with Gasteiger partial charge in [-0.05, 0) is 11.6 Å². The molecule has 0 saturated carbocycles. The van der Waals surface area contributed by atoms with E-state index >= 15 is 0 Å². The van der Waals surface area contributed by atoms with E-state index in [9.17, 15) is 0 Å². The molecule has 0 saturated heterocycles. The Balaban J connectivity index is 3.20. The Bertz CT molecular complexity index is 368. The fraction of sp³-hybridized carbons (Fsp3) is 0.222. The van der Waals surface area contributed by atoms with E-state index in [4.69, 9.17) is 51.7 Å². The summed E-state index contributed by atoms with van der Waals surface area (Å²) in [5.74, 6) is 0. The Hall–Kier alpha value is -0.130. The molecule has 14 heavy (non-hydrogen) atoms. The van der Waals surface area contributed by atoms with Crippen molar-refractivity contribution in [3.05, 3.63) is 34.9 Å². The molecular formula is C9H5Cl4N. The minimum absolute atomic E-state index is 0.392. The fourth-order valence-electron chi connectivity index (χ4n) is 0.997. The number of benzene rings is 1. The maximum Gasteiger partial charge on any atom is 0.134 e. The van der Waals surface area contributed by atoms with Gasteiger partial charge >= 0.3 is 0 Å². The van der Waals surface area contributed by atoms with Crippen LogP contribution in [0.15, 0.2) is 18.2 Å². The first-order valence-electron chi connectivity index (χ1n) is 3.66. The van der Waals surface area contributed by atoms with Crippen LogP contribution in [0, 0.1) is 11.3 Å². The van der Waals surface area contributed by atoms with Crippen molar-refractivity contribution in [1.82, 2.24) is 0 Å². The molecule has 1 nitrogen and oxygen atoms in total. The van der Waals surface area contributed by atoms with Gasteiger partial charge in [-0.1, -0.05) is 12.1 Å². The number of nitriles is 1. The van der Waals surface area contributed by atoms with E-state index in [1.165, 1.54) is 0 Å². The van der Waals surface area contributed by atoms with Crippen molar-refractivity contribution in [2.45, 2.75) is 9.67 Å². The van der Waals surface area contributed by atoms with Crippen molar-refractivity contribution in [3.63, 3.8) is 0 Å². The van der Waals surface area contributed by atoms with Crippen LogP contribution in [-0.2, 0) is 0 Å². The van der Waals surface area contributed by atoms with Gasteiger partial charge in [0.1, 0.15) is 9.67 Å². The molecule has 1 rings (SSSR count). The number of hydrogen-bond acceptors (Lipinski definition) is 1. The van der Waals surface area contributed by atoms with Crippen LogP contribution in [0.4, 0.5) is 0 Å². The summed E-state index contributed by atoms with van der Waals surface area (Å²) in [4.78, 5) is -1.37. The van der Waals surface area contributed by atoms with E-state index in [1.807, 2.05) is 6.07 Å². The molecule has 1 aromatic rings. The summed E-state index contributed by atoms with van der Waals surface area (Å²) >= 11 is 22.6. The maximum atomic E-state index is 8.82. The normalized spacial score (nSPS) is 10.6. The third-order valence-electron chi connectivity index (χ3n) is 1.68. The zero-order valence-corrected chi connectivity index (χ0v) is 9.87. The van der Waals surface area contributed by atoms with Crippen molar-refractivity contribution in [1.29, 1.82) is 5.26 Å². The van der Waals surface area contributed by atoms with Crippen molar-refractivity contribution in [2.24, 2.45) is 0 Å². The van der Waals surface area contributed by atoms with E-state index in [0.29, 0.717) is 16.7 Å². The zero-order chi connectivity index (χ0) is 10.7. The van der Waals surface area contributed by atoms with Crippen LogP contribution in [0.1, 0.15) is 26.4 Å². The lowest BCUT2D eigenvalue weighted by Gasteiger charge is -2.07. The van der Waals surface area contributed by atoms with E-state index < -0.39 is 9.67 Å². The predicted molar refractivity (Wildman–Crippen MR) is 60.1 cm³/mol. The minimum atomic E-state index is -0.720. The maximum absolute atomic E-state index is 8.82. The molecule has 0 aliphatic carbocycles. The minimum Gasteiger partial charge on any atom is -0.192 e. The highest BCUT2D eigenvalue weighted by Crippen LogP contribution is 2.31. The quantitative estimate of drug-likeness (QED) is 0.724. The molecule has 0 spiro atoms. The van der Waals surface area contributed by atoms with Crippen molar-refractivity contribution < 1.29 is 0 Å². The molecule has 0 aliphatic rings. The summed E-state index contributed by atoms with van der Waals surface area (Å²) in [7, 11) is 0. The Morgan fingerprint density at radius 2 is 1.71 bits per heavy atom. The molecule has 74 valence electrons. The van der Waals surface area contributed by atoms with Gasteiger partial charge in [-0.25, -0.2) is 0 Å². The van der Waals surface area contributed by atoms with E-state index in [2.05, 4.69) is 0 Å². The van der Waals surface area contributed by atoms with Crippen LogP contribution in [0.5, 0.6) is 0 Å². The van der Waals surface area contributed by atoms with Gasteiger partial charge in [0.25, 0.3) is 0 Å². The highest BCUT2D eigenvalue weighted by molar-refractivity contribution is 6.44. The van der Waals surface area contributed by atoms with Gasteiger partial charge in [0, 0.05) is 5.56 Å². The predicted octanol–water partition coefficient (Wildman–Crippen LogP) is 4.51. The fourth-order valence-corrected chi connectivity index (χ4v) is 1.65. The van der Waals surface area contributed by atoms with Gasteiger partial charge in [0.2, 0.25) is 0 Å². The van der Waals surface area contributed by atoms with Crippen LogP contribution >= 0.6 is 46.4 Å².